The summed E-state index contributed by atoms with van der Waals surface area (Å²) in [5.74, 6) is -2.35. The SMILES string of the molecule is CC/C=C\C/C=C\C/C=C\C/C=C\C/C=C\C/C=C\C/C=C\C/C=C\C/C=C\C/C=C\C/C=C\C/C=C\CCCCC(=O)OC(COC(=O)CCCCCCCCCCCCCCCCCC)COC(OCC[N+](C)(C)C)C(=O)[O-]. The van der Waals surface area contributed by atoms with E-state index in [9.17, 15) is 19.5 Å². The summed E-state index contributed by atoms with van der Waals surface area (Å²) in [7, 11) is 5.90. The lowest BCUT2D eigenvalue weighted by molar-refractivity contribution is -0.870. The Balaban J connectivity index is 4.29. The Kier molecular flexibility index (Phi) is 56.6. The molecule has 9 nitrogen and oxygen atoms in total. The first-order chi connectivity index (χ1) is 39.1. The summed E-state index contributed by atoms with van der Waals surface area (Å²) in [6.07, 6.45) is 84.9. The third kappa shape index (κ3) is 60.8. The molecule has 0 aliphatic rings. The molecule has 0 spiro atoms. The molecule has 0 N–H and O–H groups in total. The molecule has 0 aromatic rings. The lowest BCUT2D eigenvalue weighted by atomic mass is 10.0. The minimum Gasteiger partial charge on any atom is -0.545 e. The molecule has 2 atom stereocenters. The Labute approximate surface area is 490 Å². The van der Waals surface area contributed by atoms with Crippen LogP contribution in [-0.2, 0) is 33.3 Å². The second-order valence-corrected chi connectivity index (χ2v) is 21.6. The molecule has 0 aliphatic carbocycles. The molecule has 0 aliphatic heterocycles. The first kappa shape index (κ1) is 75.2. The van der Waals surface area contributed by atoms with Gasteiger partial charge in [-0.05, 0) is 103 Å². The highest BCUT2D eigenvalue weighted by Gasteiger charge is 2.22. The number of carboxylic acids is 1. The maximum atomic E-state index is 12.9. The van der Waals surface area contributed by atoms with Crippen molar-refractivity contribution in [2.45, 2.75) is 238 Å². The molecule has 0 aromatic carbocycles. The van der Waals surface area contributed by atoms with Crippen LogP contribution in [0.4, 0.5) is 0 Å². The Morgan fingerprint density at radius 3 is 1.06 bits per heavy atom. The van der Waals surface area contributed by atoms with Crippen molar-refractivity contribution in [2.24, 2.45) is 0 Å². The minimum absolute atomic E-state index is 0.133. The fraction of sp³-hybridized carbons (Fsp3) is 0.620. The van der Waals surface area contributed by atoms with Crippen molar-refractivity contribution < 1.29 is 42.9 Å². The van der Waals surface area contributed by atoms with E-state index >= 15 is 0 Å². The van der Waals surface area contributed by atoms with Gasteiger partial charge >= 0.3 is 11.9 Å². The summed E-state index contributed by atoms with van der Waals surface area (Å²) >= 11 is 0. The molecule has 0 fully saturated rings. The first-order valence-electron chi connectivity index (χ1n) is 31.5. The zero-order valence-corrected chi connectivity index (χ0v) is 51.4. The van der Waals surface area contributed by atoms with Gasteiger partial charge in [0, 0.05) is 12.8 Å². The second-order valence-electron chi connectivity index (χ2n) is 21.6. The fourth-order valence-electron chi connectivity index (χ4n) is 8.05. The highest BCUT2D eigenvalue weighted by atomic mass is 16.7. The number of nitrogens with zero attached hydrogens (tertiary/aromatic N) is 1. The number of carboxylic acid groups (broad SMARTS) is 1. The summed E-state index contributed by atoms with van der Waals surface area (Å²) in [5.41, 5.74) is 0. The smallest absolute Gasteiger partial charge is 0.306 e. The van der Waals surface area contributed by atoms with E-state index in [0.717, 1.165) is 109 Å². The highest BCUT2D eigenvalue weighted by molar-refractivity contribution is 5.70. The van der Waals surface area contributed by atoms with Crippen LogP contribution in [0.25, 0.3) is 0 Å². The van der Waals surface area contributed by atoms with Crippen molar-refractivity contribution in [3.8, 4) is 0 Å². The second kappa shape index (κ2) is 60.3. The molecule has 0 rings (SSSR count). The molecule has 0 bridgehead atoms. The first-order valence-corrected chi connectivity index (χ1v) is 31.5. The normalized spacial score (nSPS) is 13.8. The van der Waals surface area contributed by atoms with E-state index in [1.807, 2.05) is 21.1 Å². The molecule has 80 heavy (non-hydrogen) atoms. The average Bonchev–Trinajstić information content (AvgIpc) is 3.43. The fourth-order valence-corrected chi connectivity index (χ4v) is 8.05. The number of esters is 2. The topological polar surface area (TPSA) is 111 Å². The quantitative estimate of drug-likeness (QED) is 0.0195. The van der Waals surface area contributed by atoms with E-state index in [2.05, 4.69) is 160 Å². The molecule has 2 unspecified atom stereocenters. The van der Waals surface area contributed by atoms with E-state index in [-0.39, 0.29) is 38.6 Å². The standard InChI is InChI=1S/C71H115NO8/c1-6-8-10-12-14-16-18-20-22-24-25-26-27-28-29-30-31-32-33-34-35-36-37-38-39-40-41-42-43-44-45-46-48-50-52-54-56-58-60-62-69(74)80-67(66-79-71(70(75)76)77-64-63-72(3,4)5)65-78-68(73)61-59-57-55-53-51-49-47-23-21-19-17-15-13-11-9-7-2/h8,10,14,16,20,22,25-26,28-29,31-32,34-35,37-38,40-41,43-44,46,48,52,54,67,71H,6-7,9,11-13,15,17-19,21,23-24,27,30,33,36,39,42,45,47,49-51,53,55-66H2,1-5H3/b10-8-,16-14-,22-20-,26-25-,29-28-,32-31-,35-34-,38-37-,41-40-,44-43-,48-46-,54-52-. The van der Waals surface area contributed by atoms with Gasteiger partial charge in [0.1, 0.15) is 13.2 Å². The number of hydrogen-bond acceptors (Lipinski definition) is 8. The van der Waals surface area contributed by atoms with E-state index in [0.29, 0.717) is 17.4 Å². The van der Waals surface area contributed by atoms with Crippen LogP contribution in [0.1, 0.15) is 226 Å². The molecule has 0 heterocycles. The van der Waals surface area contributed by atoms with E-state index in [1.54, 1.807) is 0 Å². The summed E-state index contributed by atoms with van der Waals surface area (Å²) in [6.45, 7) is 4.57. The minimum atomic E-state index is -1.64. The van der Waals surface area contributed by atoms with Gasteiger partial charge in [-0.1, -0.05) is 256 Å². The third-order valence-corrected chi connectivity index (χ3v) is 12.9. The largest absolute Gasteiger partial charge is 0.545 e. The van der Waals surface area contributed by atoms with Crippen LogP contribution in [0.3, 0.4) is 0 Å². The maximum Gasteiger partial charge on any atom is 0.306 e. The molecule has 0 amide bonds. The van der Waals surface area contributed by atoms with Crippen molar-refractivity contribution in [2.75, 3.05) is 47.5 Å². The van der Waals surface area contributed by atoms with Gasteiger partial charge in [-0.25, -0.2) is 0 Å². The van der Waals surface area contributed by atoms with Crippen LogP contribution in [0, 0.1) is 0 Å². The lowest BCUT2D eigenvalue weighted by Gasteiger charge is -2.26. The number of carbonyl (C=O) groups is 3. The Hall–Kier alpha value is -4.83. The van der Waals surface area contributed by atoms with Crippen molar-refractivity contribution >= 4 is 17.9 Å². The van der Waals surface area contributed by atoms with Crippen molar-refractivity contribution in [1.82, 2.24) is 0 Å². The number of aliphatic carboxylic acids is 1. The third-order valence-electron chi connectivity index (χ3n) is 12.9. The summed E-state index contributed by atoms with van der Waals surface area (Å²) in [4.78, 5) is 37.3. The Bertz CT molecular complexity index is 1820. The predicted molar refractivity (Wildman–Crippen MR) is 338 cm³/mol. The number of unbranched alkanes of at least 4 members (excludes halogenated alkanes) is 17. The average molecular weight is 1110 g/mol. The summed E-state index contributed by atoms with van der Waals surface area (Å²) in [6, 6.07) is 0. The van der Waals surface area contributed by atoms with Crippen molar-refractivity contribution in [3.05, 3.63) is 146 Å². The van der Waals surface area contributed by atoms with Gasteiger partial charge in [-0.2, -0.15) is 0 Å². The number of likely N-dealkylation sites (N-methyl/N-ethyl adjacent to an activating group) is 1. The molecule has 452 valence electrons. The number of quaternary nitrogens is 1. The van der Waals surface area contributed by atoms with Crippen LogP contribution in [0.5, 0.6) is 0 Å². The van der Waals surface area contributed by atoms with Gasteiger partial charge in [0.2, 0.25) is 0 Å². The van der Waals surface area contributed by atoms with Gasteiger partial charge in [0.05, 0.1) is 40.3 Å². The van der Waals surface area contributed by atoms with Gasteiger partial charge in [0.15, 0.2) is 12.4 Å². The highest BCUT2D eigenvalue weighted by Crippen LogP contribution is 2.15. The zero-order chi connectivity index (χ0) is 58.3. The van der Waals surface area contributed by atoms with Crippen LogP contribution in [0.2, 0.25) is 0 Å². The van der Waals surface area contributed by atoms with Crippen LogP contribution >= 0.6 is 0 Å². The summed E-state index contributed by atoms with van der Waals surface area (Å²) in [5, 5.41) is 11.8. The van der Waals surface area contributed by atoms with E-state index in [1.165, 1.54) is 83.5 Å². The molecule has 0 aromatic heterocycles. The number of ether oxygens (including phenoxy) is 4. The molecule has 9 heteroatoms. The van der Waals surface area contributed by atoms with Gasteiger partial charge in [-0.15, -0.1) is 0 Å². The van der Waals surface area contributed by atoms with Gasteiger partial charge in [-0.3, -0.25) is 9.59 Å². The van der Waals surface area contributed by atoms with E-state index in [4.69, 9.17) is 18.9 Å². The number of allylic oxidation sites excluding steroid dienone is 24. The summed E-state index contributed by atoms with van der Waals surface area (Å²) < 4.78 is 22.6. The maximum absolute atomic E-state index is 12.9. The van der Waals surface area contributed by atoms with Gasteiger partial charge in [0.25, 0.3) is 0 Å². The van der Waals surface area contributed by atoms with Gasteiger partial charge < -0.3 is 33.3 Å². The van der Waals surface area contributed by atoms with E-state index < -0.39 is 24.3 Å². The molecular weight excluding hydrogens is 995 g/mol. The number of carbonyl (C=O) groups excluding carboxylic acids is 3. The number of rotatable bonds is 56. The molecular formula is C71H115NO8. The zero-order valence-electron chi connectivity index (χ0n) is 51.4. The molecule has 0 saturated carbocycles. The Morgan fingerprint density at radius 1 is 0.388 bits per heavy atom. The molecule has 0 saturated heterocycles. The Morgan fingerprint density at radius 2 is 0.713 bits per heavy atom. The van der Waals surface area contributed by atoms with Crippen molar-refractivity contribution in [1.29, 1.82) is 0 Å². The number of hydrogen-bond donors (Lipinski definition) is 0. The monoisotopic (exact) mass is 1110 g/mol. The molecule has 0 radical (unpaired) electrons. The predicted octanol–water partition coefficient (Wildman–Crippen LogP) is 17.8. The van der Waals surface area contributed by atoms with Crippen LogP contribution in [0.15, 0.2) is 146 Å². The van der Waals surface area contributed by atoms with Crippen molar-refractivity contribution in [3.63, 3.8) is 0 Å². The lowest BCUT2D eigenvalue weighted by Crippen LogP contribution is -2.44. The van der Waals surface area contributed by atoms with Crippen LogP contribution < -0.4 is 5.11 Å². The van der Waals surface area contributed by atoms with Crippen LogP contribution in [-0.4, -0.2) is 82.3 Å².